The van der Waals surface area contributed by atoms with E-state index >= 15 is 0 Å². The summed E-state index contributed by atoms with van der Waals surface area (Å²) in [6.45, 7) is -0.0333. The number of halogens is 2. The molecule has 10 heteroatoms. The monoisotopic (exact) mass is 392 g/mol. The van der Waals surface area contributed by atoms with Gasteiger partial charge in [0.25, 0.3) is 0 Å². The number of carbonyl (C=O) groups is 1. The van der Waals surface area contributed by atoms with Gasteiger partial charge in [-0.15, -0.1) is 23.2 Å². The molecule has 0 aromatic rings. The Morgan fingerprint density at radius 3 is 2.09 bits per heavy atom. The number of carboxylic acids is 1. The number of hydrogen-bond donors (Lipinski definition) is 3. The number of carboxylic acid groups (broad SMARTS) is 1. The lowest BCUT2D eigenvalue weighted by molar-refractivity contribution is -0.137. The van der Waals surface area contributed by atoms with Gasteiger partial charge in [-0.1, -0.05) is 19.3 Å². The predicted molar refractivity (Wildman–Crippen MR) is 92.1 cm³/mol. The highest BCUT2D eigenvalue weighted by atomic mass is 35.5. The van der Waals surface area contributed by atoms with Crippen LogP contribution < -0.4 is 5.73 Å². The van der Waals surface area contributed by atoms with E-state index in [1.54, 1.807) is 0 Å². The van der Waals surface area contributed by atoms with Crippen LogP contribution in [0.25, 0.3) is 0 Å². The average molecular weight is 393 g/mol. The minimum Gasteiger partial charge on any atom is -0.481 e. The first kappa shape index (κ1) is 23.1. The van der Waals surface area contributed by atoms with Crippen LogP contribution in [0, 0.1) is 0 Å². The van der Waals surface area contributed by atoms with Gasteiger partial charge in [0.05, 0.1) is 13.0 Å². The maximum atomic E-state index is 11.6. The van der Waals surface area contributed by atoms with Crippen molar-refractivity contribution in [1.82, 2.24) is 4.67 Å². The smallest absolute Gasteiger partial charge is 0.405 e. The van der Waals surface area contributed by atoms with E-state index in [0.29, 0.717) is 6.04 Å². The molecular weight excluding hydrogens is 366 g/mol. The number of rotatable bonds is 9. The van der Waals surface area contributed by atoms with Crippen molar-refractivity contribution in [2.24, 2.45) is 5.73 Å². The zero-order chi connectivity index (χ0) is 17.7. The average Bonchev–Trinajstić information content (AvgIpc) is 2.48. The van der Waals surface area contributed by atoms with Gasteiger partial charge in [-0.3, -0.25) is 9.32 Å². The van der Waals surface area contributed by atoms with Gasteiger partial charge in [0, 0.05) is 30.9 Å². The van der Waals surface area contributed by atoms with Crippen LogP contribution in [0.2, 0.25) is 0 Å². The fourth-order valence-corrected chi connectivity index (χ4v) is 3.87. The molecule has 1 aliphatic rings. The summed E-state index contributed by atoms with van der Waals surface area (Å²) < 4.78 is 17.4. The standard InChI is InChI=1S/C7H14Cl2NO5P.C6H13N/c8-2-4-10(5-3-9)16(13,14)15-6-1-7(11)12;7-6-4-2-1-3-5-6/h1-6H2,(H,11,12)(H,13,14);6H,1-5,7H2. The molecule has 0 aromatic carbocycles. The van der Waals surface area contributed by atoms with E-state index in [1.165, 1.54) is 32.1 Å². The summed E-state index contributed by atoms with van der Waals surface area (Å²) in [6, 6.07) is 0.536. The summed E-state index contributed by atoms with van der Waals surface area (Å²) in [7, 11) is -3.99. The highest BCUT2D eigenvalue weighted by molar-refractivity contribution is 7.50. The van der Waals surface area contributed by atoms with Crippen LogP contribution in [-0.4, -0.2) is 58.1 Å². The van der Waals surface area contributed by atoms with Crippen molar-refractivity contribution < 1.29 is 23.9 Å². The van der Waals surface area contributed by atoms with E-state index < -0.39 is 13.7 Å². The number of nitrogens with zero attached hydrogens (tertiary/aromatic N) is 1. The predicted octanol–water partition coefficient (Wildman–Crippen LogP) is 2.64. The first-order chi connectivity index (χ1) is 10.8. The second-order valence-electron chi connectivity index (χ2n) is 5.20. The number of aliphatic carboxylic acids is 1. The molecule has 0 radical (unpaired) electrons. The molecule has 1 fully saturated rings. The molecule has 4 N–H and O–H groups in total. The molecule has 1 atom stereocenters. The molecule has 1 unspecified atom stereocenters. The highest BCUT2D eigenvalue weighted by Crippen LogP contribution is 2.46. The Balaban J connectivity index is 0.000000568. The van der Waals surface area contributed by atoms with Crippen LogP contribution in [0.15, 0.2) is 0 Å². The first-order valence-electron chi connectivity index (χ1n) is 7.65. The molecule has 0 saturated heterocycles. The van der Waals surface area contributed by atoms with E-state index in [4.69, 9.17) is 34.0 Å². The SMILES string of the molecule is NC1CCCCC1.O=C(O)CCOP(=O)(O)N(CCCl)CCCl. The van der Waals surface area contributed by atoms with E-state index in [2.05, 4.69) is 4.52 Å². The number of nitrogens with two attached hydrogens (primary N) is 1. The Morgan fingerprint density at radius 2 is 1.74 bits per heavy atom. The zero-order valence-electron chi connectivity index (χ0n) is 13.2. The minimum atomic E-state index is -3.99. The molecule has 23 heavy (non-hydrogen) atoms. The third kappa shape index (κ3) is 12.2. The molecule has 0 bridgehead atoms. The number of alkyl halides is 2. The zero-order valence-corrected chi connectivity index (χ0v) is 15.6. The van der Waals surface area contributed by atoms with Crippen molar-refractivity contribution in [3.8, 4) is 0 Å². The fraction of sp³-hybridized carbons (Fsp3) is 0.923. The second kappa shape index (κ2) is 13.4. The summed E-state index contributed by atoms with van der Waals surface area (Å²) in [5.74, 6) is -0.783. The molecule has 0 spiro atoms. The van der Waals surface area contributed by atoms with Gasteiger partial charge >= 0.3 is 13.7 Å². The van der Waals surface area contributed by atoms with Gasteiger partial charge in [0.1, 0.15) is 0 Å². The van der Waals surface area contributed by atoms with Crippen LogP contribution in [0.5, 0.6) is 0 Å². The van der Waals surface area contributed by atoms with E-state index in [9.17, 15) is 14.3 Å². The quantitative estimate of drug-likeness (QED) is 0.408. The first-order valence-corrected chi connectivity index (χ1v) is 10.3. The topological polar surface area (TPSA) is 113 Å². The van der Waals surface area contributed by atoms with Crippen molar-refractivity contribution in [2.45, 2.75) is 44.6 Å². The summed E-state index contributed by atoms with van der Waals surface area (Å²) in [5, 5.41) is 8.35. The highest BCUT2D eigenvalue weighted by Gasteiger charge is 2.28. The van der Waals surface area contributed by atoms with E-state index in [1.807, 2.05) is 0 Å². The Hall–Kier alpha value is 0.120. The normalized spacial score (nSPS) is 18.1. The maximum Gasteiger partial charge on any atom is 0.405 e. The van der Waals surface area contributed by atoms with Crippen molar-refractivity contribution in [1.29, 1.82) is 0 Å². The molecule has 0 aliphatic heterocycles. The Kier molecular flexibility index (Phi) is 13.5. The van der Waals surface area contributed by atoms with Gasteiger partial charge in [0.2, 0.25) is 0 Å². The molecule has 1 rings (SSSR count). The van der Waals surface area contributed by atoms with Crippen molar-refractivity contribution >= 4 is 36.9 Å². The van der Waals surface area contributed by atoms with Crippen LogP contribution >= 0.6 is 30.9 Å². The van der Waals surface area contributed by atoms with Gasteiger partial charge < -0.3 is 15.7 Å². The summed E-state index contributed by atoms with van der Waals surface area (Å²) in [4.78, 5) is 19.7. The fourth-order valence-electron chi connectivity index (χ4n) is 2.03. The summed E-state index contributed by atoms with van der Waals surface area (Å²) >= 11 is 10.9. The molecule has 7 nitrogen and oxygen atoms in total. The van der Waals surface area contributed by atoms with Crippen LogP contribution in [-0.2, 0) is 13.9 Å². The van der Waals surface area contributed by atoms with Gasteiger partial charge in [0.15, 0.2) is 0 Å². The Morgan fingerprint density at radius 1 is 1.22 bits per heavy atom. The van der Waals surface area contributed by atoms with Gasteiger partial charge in [-0.05, 0) is 12.8 Å². The number of hydrogen-bond acceptors (Lipinski definition) is 4. The molecular formula is C13H27Cl2N2O5P. The molecule has 0 aromatic heterocycles. The Bertz CT molecular complexity index is 364. The summed E-state index contributed by atoms with van der Waals surface area (Å²) in [5.41, 5.74) is 5.63. The third-order valence-electron chi connectivity index (χ3n) is 3.27. The molecule has 138 valence electrons. The van der Waals surface area contributed by atoms with Crippen molar-refractivity contribution in [3.63, 3.8) is 0 Å². The lowest BCUT2D eigenvalue weighted by Gasteiger charge is -2.24. The maximum absolute atomic E-state index is 11.6. The molecule has 0 amide bonds. The largest absolute Gasteiger partial charge is 0.481 e. The third-order valence-corrected chi connectivity index (χ3v) is 5.24. The van der Waals surface area contributed by atoms with Crippen LogP contribution in [0.4, 0.5) is 0 Å². The van der Waals surface area contributed by atoms with Crippen molar-refractivity contribution in [2.75, 3.05) is 31.5 Å². The lowest BCUT2D eigenvalue weighted by Crippen LogP contribution is -2.26. The minimum absolute atomic E-state index is 0.148. The molecule has 0 heterocycles. The Labute approximate surface area is 147 Å². The van der Waals surface area contributed by atoms with Gasteiger partial charge in [-0.25, -0.2) is 9.24 Å². The van der Waals surface area contributed by atoms with Crippen molar-refractivity contribution in [3.05, 3.63) is 0 Å². The van der Waals surface area contributed by atoms with Gasteiger partial charge in [-0.2, -0.15) is 0 Å². The van der Waals surface area contributed by atoms with E-state index in [-0.39, 0.29) is 37.9 Å². The molecule has 1 aliphatic carbocycles. The summed E-state index contributed by atoms with van der Waals surface area (Å²) in [6.07, 6.45) is 6.33. The lowest BCUT2D eigenvalue weighted by atomic mass is 9.97. The van der Waals surface area contributed by atoms with Crippen LogP contribution in [0.3, 0.4) is 0 Å². The van der Waals surface area contributed by atoms with E-state index in [0.717, 1.165) is 4.67 Å². The van der Waals surface area contributed by atoms with Crippen LogP contribution in [0.1, 0.15) is 38.5 Å². The molecule has 1 saturated carbocycles. The second-order valence-corrected chi connectivity index (χ2v) is 7.76.